The van der Waals surface area contributed by atoms with Gasteiger partial charge in [0, 0.05) is 49.6 Å². The molecule has 1 fully saturated rings. The van der Waals surface area contributed by atoms with Crippen LogP contribution in [-0.2, 0) is 4.79 Å². The fraction of sp³-hybridized carbons (Fsp3) is 0.467. The summed E-state index contributed by atoms with van der Waals surface area (Å²) in [5, 5.41) is 5.80. The topological polar surface area (TPSA) is 74.2 Å². The first kappa shape index (κ1) is 15.8. The molecule has 3 rings (SSSR count). The minimum atomic E-state index is -0.222. The SMILES string of the molecule is C[C@@H](C(=O)Nc1ncccn1)N1CCN(c2nccs2)[C@@H](C)C1. The Morgan fingerprint density at radius 2 is 2.09 bits per heavy atom. The molecule has 1 N–H and O–H groups in total. The van der Waals surface area contributed by atoms with E-state index in [1.165, 1.54) is 0 Å². The van der Waals surface area contributed by atoms with Gasteiger partial charge in [-0.3, -0.25) is 15.0 Å². The zero-order valence-corrected chi connectivity index (χ0v) is 14.0. The zero-order valence-electron chi connectivity index (χ0n) is 13.2. The van der Waals surface area contributed by atoms with Gasteiger partial charge in [0.05, 0.1) is 6.04 Å². The van der Waals surface area contributed by atoms with Crippen molar-refractivity contribution in [2.75, 3.05) is 29.9 Å². The number of anilines is 2. The maximum Gasteiger partial charge on any atom is 0.243 e. The Hall–Kier alpha value is -2.06. The largest absolute Gasteiger partial charge is 0.343 e. The molecular formula is C15H20N6OS. The monoisotopic (exact) mass is 332 g/mol. The number of piperazine rings is 1. The first-order valence-corrected chi connectivity index (χ1v) is 8.51. The second kappa shape index (κ2) is 7.01. The lowest BCUT2D eigenvalue weighted by molar-refractivity contribution is -0.121. The van der Waals surface area contributed by atoms with Crippen LogP contribution in [0.25, 0.3) is 0 Å². The Labute approximate surface area is 139 Å². The summed E-state index contributed by atoms with van der Waals surface area (Å²) in [7, 11) is 0. The maximum atomic E-state index is 12.4. The molecule has 7 nitrogen and oxygen atoms in total. The first-order chi connectivity index (χ1) is 11.1. The van der Waals surface area contributed by atoms with Crippen LogP contribution in [0.2, 0.25) is 0 Å². The van der Waals surface area contributed by atoms with Gasteiger partial charge in [-0.25, -0.2) is 15.0 Å². The number of thiazole rings is 1. The van der Waals surface area contributed by atoms with Gasteiger partial charge in [-0.2, -0.15) is 0 Å². The molecule has 1 aliphatic rings. The first-order valence-electron chi connectivity index (χ1n) is 7.63. The predicted octanol–water partition coefficient (Wildman–Crippen LogP) is 1.47. The minimum Gasteiger partial charge on any atom is -0.343 e. The molecule has 0 saturated carbocycles. The molecular weight excluding hydrogens is 312 g/mol. The van der Waals surface area contributed by atoms with Crippen molar-refractivity contribution in [3.63, 3.8) is 0 Å². The summed E-state index contributed by atoms with van der Waals surface area (Å²) in [5.74, 6) is 0.268. The van der Waals surface area contributed by atoms with Gasteiger partial charge in [-0.05, 0) is 19.9 Å². The van der Waals surface area contributed by atoms with Gasteiger partial charge in [-0.15, -0.1) is 11.3 Å². The van der Waals surface area contributed by atoms with Crippen LogP contribution in [0.4, 0.5) is 11.1 Å². The van der Waals surface area contributed by atoms with Crippen LogP contribution < -0.4 is 10.2 Å². The maximum absolute atomic E-state index is 12.4. The molecule has 3 heterocycles. The Balaban J connectivity index is 1.58. The predicted molar refractivity (Wildman–Crippen MR) is 90.6 cm³/mol. The summed E-state index contributed by atoms with van der Waals surface area (Å²) >= 11 is 1.65. The number of amides is 1. The number of nitrogens with one attached hydrogen (secondary N) is 1. The van der Waals surface area contributed by atoms with Crippen molar-refractivity contribution in [3.05, 3.63) is 30.0 Å². The van der Waals surface area contributed by atoms with Gasteiger partial charge < -0.3 is 4.90 Å². The molecule has 1 aliphatic heterocycles. The van der Waals surface area contributed by atoms with Gasteiger partial charge in [0.15, 0.2) is 5.13 Å². The lowest BCUT2D eigenvalue weighted by Gasteiger charge is -2.41. The molecule has 122 valence electrons. The third kappa shape index (κ3) is 3.65. The normalized spacial score (nSPS) is 20.3. The Morgan fingerprint density at radius 1 is 1.30 bits per heavy atom. The number of aromatic nitrogens is 3. The lowest BCUT2D eigenvalue weighted by Crippen LogP contribution is -2.56. The molecule has 2 aromatic heterocycles. The average Bonchev–Trinajstić information content (AvgIpc) is 3.09. The highest BCUT2D eigenvalue weighted by Gasteiger charge is 2.30. The summed E-state index contributed by atoms with van der Waals surface area (Å²) < 4.78 is 0. The highest BCUT2D eigenvalue weighted by Crippen LogP contribution is 2.23. The van der Waals surface area contributed by atoms with Gasteiger partial charge in [-0.1, -0.05) is 0 Å². The van der Waals surface area contributed by atoms with Crippen LogP contribution in [0.15, 0.2) is 30.0 Å². The lowest BCUT2D eigenvalue weighted by atomic mass is 10.1. The van der Waals surface area contributed by atoms with Crippen LogP contribution in [0, 0.1) is 0 Å². The fourth-order valence-electron chi connectivity index (χ4n) is 2.72. The molecule has 0 bridgehead atoms. The molecule has 0 aliphatic carbocycles. The van der Waals surface area contributed by atoms with E-state index in [1.54, 1.807) is 29.8 Å². The van der Waals surface area contributed by atoms with Crippen LogP contribution in [0.3, 0.4) is 0 Å². The standard InChI is InChI=1S/C15H20N6OS/c1-11-10-20(7-8-21(11)15-18-6-9-23-15)12(2)13(22)19-14-16-4-3-5-17-14/h3-6,9,11-12H,7-8,10H2,1-2H3,(H,16,17,19,22)/t11-,12-/m0/s1. The van der Waals surface area contributed by atoms with Crippen molar-refractivity contribution in [2.24, 2.45) is 0 Å². The van der Waals surface area contributed by atoms with E-state index in [2.05, 4.69) is 37.0 Å². The van der Waals surface area contributed by atoms with Crippen molar-refractivity contribution >= 4 is 28.3 Å². The number of carbonyl (C=O) groups excluding carboxylic acids is 1. The summed E-state index contributed by atoms with van der Waals surface area (Å²) in [6.45, 7) is 6.61. The van der Waals surface area contributed by atoms with Crippen LogP contribution in [0.1, 0.15) is 13.8 Å². The quantitative estimate of drug-likeness (QED) is 0.914. The third-order valence-electron chi connectivity index (χ3n) is 4.05. The minimum absolute atomic E-state index is 0.0777. The number of hydrogen-bond donors (Lipinski definition) is 1. The van der Waals surface area contributed by atoms with Crippen molar-refractivity contribution in [2.45, 2.75) is 25.9 Å². The van der Waals surface area contributed by atoms with E-state index in [9.17, 15) is 4.79 Å². The van der Waals surface area contributed by atoms with Crippen LogP contribution >= 0.6 is 11.3 Å². The smallest absolute Gasteiger partial charge is 0.243 e. The number of hydrogen-bond acceptors (Lipinski definition) is 7. The molecule has 8 heteroatoms. The molecule has 1 saturated heterocycles. The Morgan fingerprint density at radius 3 is 2.74 bits per heavy atom. The Bertz CT molecular complexity index is 635. The summed E-state index contributed by atoms with van der Waals surface area (Å²) in [6, 6.07) is 1.82. The molecule has 2 aromatic rings. The van der Waals surface area contributed by atoms with Crippen molar-refractivity contribution in [1.82, 2.24) is 19.9 Å². The molecule has 0 radical (unpaired) electrons. The van der Waals surface area contributed by atoms with E-state index >= 15 is 0 Å². The molecule has 0 unspecified atom stereocenters. The van der Waals surface area contributed by atoms with Gasteiger partial charge in [0.2, 0.25) is 11.9 Å². The van der Waals surface area contributed by atoms with E-state index in [0.29, 0.717) is 12.0 Å². The van der Waals surface area contributed by atoms with Crippen molar-refractivity contribution in [1.29, 1.82) is 0 Å². The van der Waals surface area contributed by atoms with E-state index in [-0.39, 0.29) is 11.9 Å². The molecule has 0 spiro atoms. The second-order valence-corrected chi connectivity index (χ2v) is 6.46. The van der Waals surface area contributed by atoms with E-state index in [0.717, 1.165) is 24.8 Å². The molecule has 23 heavy (non-hydrogen) atoms. The summed E-state index contributed by atoms with van der Waals surface area (Å²) in [6.07, 6.45) is 5.05. The molecule has 0 aromatic carbocycles. The summed E-state index contributed by atoms with van der Waals surface area (Å²) in [5.41, 5.74) is 0. The highest BCUT2D eigenvalue weighted by atomic mass is 32.1. The second-order valence-electron chi connectivity index (χ2n) is 5.59. The van der Waals surface area contributed by atoms with Gasteiger partial charge >= 0.3 is 0 Å². The number of nitrogens with zero attached hydrogens (tertiary/aromatic N) is 5. The van der Waals surface area contributed by atoms with E-state index < -0.39 is 0 Å². The Kier molecular flexibility index (Phi) is 4.82. The van der Waals surface area contributed by atoms with Crippen molar-refractivity contribution < 1.29 is 4.79 Å². The molecule has 1 amide bonds. The van der Waals surface area contributed by atoms with E-state index in [4.69, 9.17) is 0 Å². The van der Waals surface area contributed by atoms with Crippen LogP contribution in [0.5, 0.6) is 0 Å². The van der Waals surface area contributed by atoms with Gasteiger partial charge in [0.25, 0.3) is 0 Å². The van der Waals surface area contributed by atoms with Crippen molar-refractivity contribution in [3.8, 4) is 0 Å². The van der Waals surface area contributed by atoms with Gasteiger partial charge in [0.1, 0.15) is 0 Å². The summed E-state index contributed by atoms with van der Waals surface area (Å²) in [4.78, 5) is 29.3. The van der Waals surface area contributed by atoms with Crippen LogP contribution in [-0.4, -0.2) is 57.5 Å². The van der Waals surface area contributed by atoms with E-state index in [1.807, 2.05) is 18.5 Å². The third-order valence-corrected chi connectivity index (χ3v) is 4.86. The average molecular weight is 332 g/mol. The zero-order chi connectivity index (χ0) is 16.2. The molecule has 2 atom stereocenters. The fourth-order valence-corrected chi connectivity index (χ4v) is 3.50. The highest BCUT2D eigenvalue weighted by molar-refractivity contribution is 7.13. The number of rotatable bonds is 4. The number of carbonyl (C=O) groups is 1.